The van der Waals surface area contributed by atoms with Crippen LogP contribution in [0.1, 0.15) is 22.8 Å². The van der Waals surface area contributed by atoms with Crippen molar-refractivity contribution in [2.45, 2.75) is 13.1 Å². The van der Waals surface area contributed by atoms with Crippen LogP contribution < -0.4 is 9.47 Å². The average molecular weight is 379 g/mol. The molecule has 0 radical (unpaired) electrons. The molecule has 0 heterocycles. The van der Waals surface area contributed by atoms with Gasteiger partial charge in [-0.3, -0.25) is 4.79 Å². The molecule has 2 aromatic rings. The van der Waals surface area contributed by atoms with E-state index in [0.717, 1.165) is 12.1 Å². The summed E-state index contributed by atoms with van der Waals surface area (Å²) in [5, 5.41) is -0.570. The third kappa shape index (κ3) is 4.13. The van der Waals surface area contributed by atoms with E-state index in [1.54, 1.807) is 6.92 Å². The summed E-state index contributed by atoms with van der Waals surface area (Å²) in [6.45, 7) is 2.07. The van der Waals surface area contributed by atoms with E-state index in [1.165, 1.54) is 18.2 Å². The van der Waals surface area contributed by atoms with Crippen molar-refractivity contribution >= 4 is 29.5 Å². The first-order chi connectivity index (χ1) is 11.3. The van der Waals surface area contributed by atoms with Gasteiger partial charge < -0.3 is 9.47 Å². The molecular weight excluding hydrogens is 368 g/mol. The van der Waals surface area contributed by atoms with Gasteiger partial charge in [0.2, 0.25) is 0 Å². The molecule has 2 rings (SSSR count). The second-order valence-corrected chi connectivity index (χ2v) is 5.43. The van der Waals surface area contributed by atoms with Crippen LogP contribution in [-0.2, 0) is 6.18 Å². The molecule has 0 bridgehead atoms. The number of alkyl halides is 3. The van der Waals surface area contributed by atoms with Crippen LogP contribution in [0.3, 0.4) is 0 Å². The maximum absolute atomic E-state index is 12.7. The molecule has 0 saturated carbocycles. The van der Waals surface area contributed by atoms with E-state index < -0.39 is 11.7 Å². The lowest BCUT2D eigenvalue weighted by Gasteiger charge is -2.14. The zero-order valence-electron chi connectivity index (χ0n) is 12.3. The fraction of sp³-hybridized carbons (Fsp3) is 0.188. The summed E-state index contributed by atoms with van der Waals surface area (Å²) in [5.41, 5.74) is -0.662. The molecular formula is C16H11Cl2F3O3. The van der Waals surface area contributed by atoms with Gasteiger partial charge in [0, 0.05) is 6.07 Å². The van der Waals surface area contributed by atoms with Gasteiger partial charge in [0.25, 0.3) is 0 Å². The fourth-order valence-corrected chi connectivity index (χ4v) is 2.46. The molecule has 0 N–H and O–H groups in total. The highest BCUT2D eigenvalue weighted by Crippen LogP contribution is 2.42. The van der Waals surface area contributed by atoms with Crippen LogP contribution in [0.4, 0.5) is 13.2 Å². The van der Waals surface area contributed by atoms with Gasteiger partial charge in [-0.15, -0.1) is 0 Å². The molecule has 3 nitrogen and oxygen atoms in total. The van der Waals surface area contributed by atoms with E-state index in [1.807, 2.05) is 0 Å². The Kier molecular flexibility index (Phi) is 5.62. The topological polar surface area (TPSA) is 35.5 Å². The smallest absolute Gasteiger partial charge is 0.416 e. The van der Waals surface area contributed by atoms with Crippen molar-refractivity contribution in [3.63, 3.8) is 0 Å². The van der Waals surface area contributed by atoms with E-state index in [-0.39, 0.29) is 27.3 Å². The highest BCUT2D eigenvalue weighted by molar-refractivity contribution is 6.37. The maximum Gasteiger partial charge on any atom is 0.416 e. The Labute approximate surface area is 145 Å². The predicted octanol–water partition coefficient (Wildman–Crippen LogP) is 6.02. The van der Waals surface area contributed by atoms with Gasteiger partial charge >= 0.3 is 6.18 Å². The Bertz CT molecular complexity index is 738. The van der Waals surface area contributed by atoms with Crippen LogP contribution in [-0.4, -0.2) is 12.9 Å². The number of hydrogen-bond donors (Lipinski definition) is 0. The number of carbonyl (C=O) groups is 1. The van der Waals surface area contributed by atoms with Crippen LogP contribution in [0.25, 0.3) is 0 Å². The van der Waals surface area contributed by atoms with Gasteiger partial charge in [0.1, 0.15) is 11.5 Å². The summed E-state index contributed by atoms with van der Waals surface area (Å²) < 4.78 is 48.9. The van der Waals surface area contributed by atoms with Gasteiger partial charge in [0.05, 0.1) is 27.8 Å². The van der Waals surface area contributed by atoms with E-state index in [9.17, 15) is 18.0 Å². The molecule has 0 amide bonds. The highest BCUT2D eigenvalue weighted by atomic mass is 35.5. The summed E-state index contributed by atoms with van der Waals surface area (Å²) in [6, 6.07) is 5.80. The summed E-state index contributed by atoms with van der Waals surface area (Å²) >= 11 is 11.7. The number of carbonyl (C=O) groups excluding carboxylic acids is 1. The lowest BCUT2D eigenvalue weighted by Crippen LogP contribution is -2.05. The molecule has 0 spiro atoms. The largest absolute Gasteiger partial charge is 0.493 e. The number of aldehydes is 1. The van der Waals surface area contributed by atoms with Gasteiger partial charge in [0.15, 0.2) is 12.0 Å². The monoisotopic (exact) mass is 378 g/mol. The zero-order chi connectivity index (χ0) is 17.9. The number of ether oxygens (including phenoxy) is 2. The number of hydrogen-bond acceptors (Lipinski definition) is 3. The highest BCUT2D eigenvalue weighted by Gasteiger charge is 2.32. The molecule has 0 unspecified atom stereocenters. The first-order valence-electron chi connectivity index (χ1n) is 6.72. The Morgan fingerprint density at radius 2 is 1.75 bits per heavy atom. The van der Waals surface area contributed by atoms with Crippen molar-refractivity contribution in [3.05, 3.63) is 51.5 Å². The quantitative estimate of drug-likeness (QED) is 0.597. The molecule has 0 aromatic heterocycles. The Balaban J connectivity index is 2.38. The van der Waals surface area contributed by atoms with Crippen LogP contribution in [0.15, 0.2) is 30.3 Å². The van der Waals surface area contributed by atoms with Crippen molar-refractivity contribution in [1.82, 2.24) is 0 Å². The molecule has 2 aromatic carbocycles. The van der Waals surface area contributed by atoms with Crippen LogP contribution in [0.2, 0.25) is 10.0 Å². The standard InChI is InChI=1S/C16H11Cl2F3O3/c1-2-23-14-7-11(4-3-9(14)8-22)24-15-12(17)5-10(6-13(15)18)16(19,20)21/h3-8H,2H2,1H3. The fourth-order valence-electron chi connectivity index (χ4n) is 1.89. The third-order valence-corrected chi connectivity index (χ3v) is 3.52. The normalized spacial score (nSPS) is 11.2. The Morgan fingerprint density at radius 1 is 1.12 bits per heavy atom. The second kappa shape index (κ2) is 7.32. The second-order valence-electron chi connectivity index (χ2n) is 4.62. The van der Waals surface area contributed by atoms with Crippen molar-refractivity contribution in [3.8, 4) is 17.2 Å². The molecule has 8 heteroatoms. The number of benzene rings is 2. The van der Waals surface area contributed by atoms with Gasteiger partial charge in [-0.2, -0.15) is 13.2 Å². The molecule has 24 heavy (non-hydrogen) atoms. The summed E-state index contributed by atoms with van der Waals surface area (Å²) in [4.78, 5) is 10.9. The SMILES string of the molecule is CCOc1cc(Oc2c(Cl)cc(C(F)(F)F)cc2Cl)ccc1C=O. The average Bonchev–Trinajstić information content (AvgIpc) is 2.50. The van der Waals surface area contributed by atoms with Crippen molar-refractivity contribution in [2.24, 2.45) is 0 Å². The summed E-state index contributed by atoms with van der Waals surface area (Å²) in [5.74, 6) is 0.379. The molecule has 0 saturated heterocycles. The molecule has 0 aliphatic heterocycles. The third-order valence-electron chi connectivity index (χ3n) is 2.96. The van der Waals surface area contributed by atoms with Gasteiger partial charge in [-0.25, -0.2) is 0 Å². The predicted molar refractivity (Wildman–Crippen MR) is 84.5 cm³/mol. The van der Waals surface area contributed by atoms with Crippen LogP contribution >= 0.6 is 23.2 Å². The zero-order valence-corrected chi connectivity index (χ0v) is 13.8. The minimum Gasteiger partial charge on any atom is -0.493 e. The molecule has 0 aliphatic carbocycles. The van der Waals surface area contributed by atoms with Gasteiger partial charge in [-0.05, 0) is 31.2 Å². The van der Waals surface area contributed by atoms with Crippen molar-refractivity contribution < 1.29 is 27.4 Å². The summed E-state index contributed by atoms with van der Waals surface area (Å²) in [6.07, 6.45) is -3.95. The van der Waals surface area contributed by atoms with E-state index in [4.69, 9.17) is 32.7 Å². The molecule has 0 aliphatic rings. The van der Waals surface area contributed by atoms with Gasteiger partial charge in [-0.1, -0.05) is 23.2 Å². The van der Waals surface area contributed by atoms with Crippen molar-refractivity contribution in [2.75, 3.05) is 6.61 Å². The molecule has 128 valence electrons. The molecule has 0 fully saturated rings. The van der Waals surface area contributed by atoms with Crippen LogP contribution in [0, 0.1) is 0 Å². The maximum atomic E-state index is 12.7. The lowest BCUT2D eigenvalue weighted by atomic mass is 10.2. The van der Waals surface area contributed by atoms with Crippen LogP contribution in [0.5, 0.6) is 17.2 Å². The van der Waals surface area contributed by atoms with E-state index >= 15 is 0 Å². The lowest BCUT2D eigenvalue weighted by molar-refractivity contribution is -0.137. The van der Waals surface area contributed by atoms with E-state index in [0.29, 0.717) is 18.5 Å². The van der Waals surface area contributed by atoms with E-state index in [2.05, 4.69) is 0 Å². The first kappa shape index (κ1) is 18.4. The minimum atomic E-state index is -4.57. The Hall–Kier alpha value is -1.92. The Morgan fingerprint density at radius 3 is 2.25 bits per heavy atom. The van der Waals surface area contributed by atoms with Crippen molar-refractivity contribution in [1.29, 1.82) is 0 Å². The summed E-state index contributed by atoms with van der Waals surface area (Å²) in [7, 11) is 0. The number of rotatable bonds is 5. The number of halogens is 5. The molecule has 0 atom stereocenters. The minimum absolute atomic E-state index is 0.118. The first-order valence-corrected chi connectivity index (χ1v) is 7.48.